The molecule has 8 heteroatoms. The molecule has 0 aliphatic carbocycles. The van der Waals surface area contributed by atoms with E-state index < -0.39 is 16.1 Å². The van der Waals surface area contributed by atoms with Crippen LogP contribution in [0.15, 0.2) is 47.4 Å². The summed E-state index contributed by atoms with van der Waals surface area (Å²) in [5, 5.41) is 0. The van der Waals surface area contributed by atoms with Crippen LogP contribution in [0, 0.1) is 12.8 Å². The van der Waals surface area contributed by atoms with Crippen molar-refractivity contribution in [3.63, 3.8) is 0 Å². The number of amides is 1. The molecule has 2 aromatic carbocycles. The van der Waals surface area contributed by atoms with Gasteiger partial charge < -0.3 is 14.4 Å². The molecule has 1 N–H and O–H groups in total. The first-order valence-corrected chi connectivity index (χ1v) is 12.2. The molecule has 7 nitrogen and oxygen atoms in total. The highest BCUT2D eigenvalue weighted by atomic mass is 32.2. The Morgan fingerprint density at radius 1 is 1.03 bits per heavy atom. The van der Waals surface area contributed by atoms with Gasteiger partial charge in [-0.2, -0.15) is 4.72 Å². The van der Waals surface area contributed by atoms with Gasteiger partial charge in [0.05, 0.1) is 19.1 Å². The first-order chi connectivity index (χ1) is 15.1. The zero-order chi connectivity index (χ0) is 23.9. The minimum absolute atomic E-state index is 0.129. The smallest absolute Gasteiger partial charge is 0.241 e. The van der Waals surface area contributed by atoms with Crippen molar-refractivity contribution < 1.29 is 22.7 Å². The zero-order valence-corrected chi connectivity index (χ0v) is 20.5. The van der Waals surface area contributed by atoms with E-state index in [0.29, 0.717) is 31.0 Å². The maximum Gasteiger partial charge on any atom is 0.241 e. The van der Waals surface area contributed by atoms with Crippen LogP contribution in [0.25, 0.3) is 0 Å². The van der Waals surface area contributed by atoms with Gasteiger partial charge in [-0.3, -0.25) is 4.79 Å². The van der Waals surface area contributed by atoms with E-state index >= 15 is 0 Å². The lowest BCUT2D eigenvalue weighted by Crippen LogP contribution is -2.48. The largest absolute Gasteiger partial charge is 0.493 e. The Hall–Kier alpha value is -2.58. The number of likely N-dealkylation sites (N-methyl/N-ethyl adjacent to an activating group) is 1. The molecular weight excluding hydrogens is 428 g/mol. The van der Waals surface area contributed by atoms with Gasteiger partial charge in [-0.1, -0.05) is 37.6 Å². The van der Waals surface area contributed by atoms with Crippen molar-refractivity contribution in [2.75, 3.05) is 20.8 Å². The van der Waals surface area contributed by atoms with Crippen molar-refractivity contribution in [1.29, 1.82) is 0 Å². The van der Waals surface area contributed by atoms with Crippen molar-refractivity contribution in [2.24, 2.45) is 5.92 Å². The molecule has 2 aromatic rings. The Bertz CT molecular complexity index is 1000. The van der Waals surface area contributed by atoms with E-state index in [0.717, 1.165) is 11.1 Å². The first kappa shape index (κ1) is 25.7. The van der Waals surface area contributed by atoms with Gasteiger partial charge >= 0.3 is 0 Å². The Balaban J connectivity index is 2.27. The standard InChI is InChI=1S/C24H34N2O5S/c1-7-26(16-19-10-13-22(30-5)23(15-19)31-6)24(27)21(14-17(2)3)25-32(28,29)20-11-8-18(4)9-12-20/h8-13,15,17,21,25H,7,14,16H2,1-6H3. The van der Waals surface area contributed by atoms with Crippen molar-refractivity contribution in [3.8, 4) is 11.5 Å². The van der Waals surface area contributed by atoms with Crippen molar-refractivity contribution in [3.05, 3.63) is 53.6 Å². The van der Waals surface area contributed by atoms with Gasteiger partial charge in [-0.05, 0) is 56.0 Å². The third-order valence-electron chi connectivity index (χ3n) is 5.15. The predicted molar refractivity (Wildman–Crippen MR) is 125 cm³/mol. The van der Waals surface area contributed by atoms with Gasteiger partial charge in [0.25, 0.3) is 0 Å². The molecule has 0 fully saturated rings. The number of hydrogen-bond donors (Lipinski definition) is 1. The van der Waals surface area contributed by atoms with Crippen LogP contribution < -0.4 is 14.2 Å². The van der Waals surface area contributed by atoms with Crippen LogP contribution in [0.2, 0.25) is 0 Å². The number of rotatable bonds is 11. The number of aryl methyl sites for hydroxylation is 1. The van der Waals surface area contributed by atoms with E-state index in [4.69, 9.17) is 9.47 Å². The highest BCUT2D eigenvalue weighted by Crippen LogP contribution is 2.28. The molecule has 1 atom stereocenters. The summed E-state index contributed by atoms with van der Waals surface area (Å²) in [7, 11) is -0.711. The number of nitrogens with zero attached hydrogens (tertiary/aromatic N) is 1. The first-order valence-electron chi connectivity index (χ1n) is 10.7. The minimum Gasteiger partial charge on any atom is -0.493 e. The van der Waals surface area contributed by atoms with E-state index in [-0.39, 0.29) is 16.7 Å². The molecule has 0 spiro atoms. The minimum atomic E-state index is -3.84. The molecule has 1 amide bonds. The third-order valence-corrected chi connectivity index (χ3v) is 6.64. The Labute approximate surface area is 191 Å². The SMILES string of the molecule is CCN(Cc1ccc(OC)c(OC)c1)C(=O)C(CC(C)C)NS(=O)(=O)c1ccc(C)cc1. The lowest BCUT2D eigenvalue weighted by atomic mass is 10.0. The van der Waals surface area contributed by atoms with Gasteiger partial charge in [-0.15, -0.1) is 0 Å². The average Bonchev–Trinajstić information content (AvgIpc) is 2.76. The van der Waals surface area contributed by atoms with Gasteiger partial charge in [-0.25, -0.2) is 8.42 Å². The van der Waals surface area contributed by atoms with Crippen LogP contribution in [-0.4, -0.2) is 46.0 Å². The van der Waals surface area contributed by atoms with Crippen molar-refractivity contribution >= 4 is 15.9 Å². The van der Waals surface area contributed by atoms with E-state index in [2.05, 4.69) is 4.72 Å². The summed E-state index contributed by atoms with van der Waals surface area (Å²) in [6.07, 6.45) is 0.395. The van der Waals surface area contributed by atoms with Gasteiger partial charge in [0.2, 0.25) is 15.9 Å². The molecule has 0 bridgehead atoms. The van der Waals surface area contributed by atoms with Crippen LogP contribution in [0.3, 0.4) is 0 Å². The molecule has 32 heavy (non-hydrogen) atoms. The molecule has 0 saturated carbocycles. The lowest BCUT2D eigenvalue weighted by Gasteiger charge is -2.28. The molecule has 176 valence electrons. The fourth-order valence-corrected chi connectivity index (χ4v) is 4.61. The number of methoxy groups -OCH3 is 2. The highest BCUT2D eigenvalue weighted by Gasteiger charge is 2.29. The second kappa shape index (κ2) is 11.3. The molecule has 0 aliphatic heterocycles. The molecule has 1 unspecified atom stereocenters. The average molecular weight is 463 g/mol. The molecular formula is C24H34N2O5S. The maximum atomic E-state index is 13.4. The normalized spacial score (nSPS) is 12.5. The topological polar surface area (TPSA) is 84.9 Å². The van der Waals surface area contributed by atoms with Gasteiger partial charge in [0.15, 0.2) is 11.5 Å². The number of carbonyl (C=O) groups excluding carboxylic acids is 1. The summed E-state index contributed by atoms with van der Waals surface area (Å²) in [6.45, 7) is 8.46. The number of ether oxygens (including phenoxy) is 2. The summed E-state index contributed by atoms with van der Waals surface area (Å²) in [6, 6.07) is 11.2. The zero-order valence-electron chi connectivity index (χ0n) is 19.7. The maximum absolute atomic E-state index is 13.4. The third kappa shape index (κ3) is 6.71. The van der Waals surface area contributed by atoms with Crippen LogP contribution in [0.5, 0.6) is 11.5 Å². The number of hydrogen-bond acceptors (Lipinski definition) is 5. The molecule has 0 aromatic heterocycles. The number of nitrogens with one attached hydrogen (secondary N) is 1. The Morgan fingerprint density at radius 2 is 1.66 bits per heavy atom. The van der Waals surface area contributed by atoms with Gasteiger partial charge in [0.1, 0.15) is 6.04 Å². The number of benzene rings is 2. The predicted octanol–water partition coefficient (Wildman–Crippen LogP) is 3.75. The van der Waals surface area contributed by atoms with Crippen molar-refractivity contribution in [1.82, 2.24) is 9.62 Å². The van der Waals surface area contributed by atoms with Crippen LogP contribution in [-0.2, 0) is 21.4 Å². The van der Waals surface area contributed by atoms with Gasteiger partial charge in [0, 0.05) is 13.1 Å². The van der Waals surface area contributed by atoms with Crippen LogP contribution >= 0.6 is 0 Å². The van der Waals surface area contributed by atoms with Crippen LogP contribution in [0.1, 0.15) is 38.3 Å². The van der Waals surface area contributed by atoms with E-state index in [1.165, 1.54) is 0 Å². The fraction of sp³-hybridized carbons (Fsp3) is 0.458. The molecule has 0 radical (unpaired) electrons. The highest BCUT2D eigenvalue weighted by molar-refractivity contribution is 7.89. The second-order valence-electron chi connectivity index (χ2n) is 8.16. The molecule has 0 heterocycles. The Morgan fingerprint density at radius 3 is 2.19 bits per heavy atom. The summed E-state index contributed by atoms with van der Waals surface area (Å²) in [4.78, 5) is 15.2. The van der Waals surface area contributed by atoms with E-state index in [9.17, 15) is 13.2 Å². The monoisotopic (exact) mass is 462 g/mol. The lowest BCUT2D eigenvalue weighted by molar-refractivity contribution is -0.133. The fourth-order valence-electron chi connectivity index (χ4n) is 3.41. The summed E-state index contributed by atoms with van der Waals surface area (Å²) in [5.41, 5.74) is 1.83. The quantitative estimate of drug-likeness (QED) is 0.550. The number of sulfonamides is 1. The number of carbonyl (C=O) groups is 1. The summed E-state index contributed by atoms with van der Waals surface area (Å²) >= 11 is 0. The van der Waals surface area contributed by atoms with E-state index in [1.54, 1.807) is 49.5 Å². The van der Waals surface area contributed by atoms with E-state index in [1.807, 2.05) is 39.8 Å². The summed E-state index contributed by atoms with van der Waals surface area (Å²) < 4.78 is 39.2. The molecule has 0 saturated heterocycles. The van der Waals surface area contributed by atoms with Crippen molar-refractivity contribution in [2.45, 2.75) is 51.6 Å². The second-order valence-corrected chi connectivity index (χ2v) is 9.87. The van der Waals surface area contributed by atoms with Crippen LogP contribution in [0.4, 0.5) is 0 Å². The summed E-state index contributed by atoms with van der Waals surface area (Å²) in [5.74, 6) is 1.05. The molecule has 0 aliphatic rings. The molecule has 2 rings (SSSR count). The Kier molecular flexibility index (Phi) is 9.09.